The van der Waals surface area contributed by atoms with Crippen molar-refractivity contribution in [3.05, 3.63) is 65.9 Å². The lowest BCUT2D eigenvalue weighted by Crippen LogP contribution is -2.60. The highest BCUT2D eigenvalue weighted by Gasteiger charge is 2.39. The van der Waals surface area contributed by atoms with Gasteiger partial charge in [0.15, 0.2) is 0 Å². The maximum Gasteiger partial charge on any atom is 0.326 e. The molecule has 270 valence electrons. The van der Waals surface area contributed by atoms with E-state index in [1.165, 1.54) is 17.0 Å². The van der Waals surface area contributed by atoms with Crippen LogP contribution in [-0.4, -0.2) is 93.0 Å². The number of unbranched alkanes of at least 4 members (excludes halogenated alkanes) is 1. The van der Waals surface area contributed by atoms with Crippen molar-refractivity contribution in [2.24, 2.45) is 17.4 Å². The highest BCUT2D eigenvalue weighted by Crippen LogP contribution is 2.21. The smallest absolute Gasteiger partial charge is 0.326 e. The van der Waals surface area contributed by atoms with E-state index >= 15 is 0 Å². The summed E-state index contributed by atoms with van der Waals surface area (Å²) < 4.78 is 0. The Bertz CT molecular complexity index is 1640. The average molecular weight is 692 g/mol. The van der Waals surface area contributed by atoms with Gasteiger partial charge in [-0.25, -0.2) is 4.79 Å². The molecule has 0 bridgehead atoms. The Balaban J connectivity index is 1.48. The number of phenols is 1. The molecule has 2 aromatic carbocycles. The summed E-state index contributed by atoms with van der Waals surface area (Å²) in [5.41, 5.74) is 14.4. The summed E-state index contributed by atoms with van der Waals surface area (Å²) >= 11 is 0. The van der Waals surface area contributed by atoms with Crippen LogP contribution < -0.4 is 27.4 Å². The molecule has 0 spiro atoms. The monoisotopic (exact) mass is 691 g/mol. The molecule has 1 saturated heterocycles. The standard InChI is InChI=1S/C36H49N7O7/c1-21(2)31(34(47)41-29(18-22-12-14-24(44)15-13-22)35(48)43-17-7-11-30(43)36(49)50)42-33(46)28(10-5-6-16-37)40-32(45)26(38)19-23-20-39-27-9-4-3-8-25(23)27/h3-4,8-9,12-15,20-21,26,28-31,39,44H,5-7,10-11,16-19,37-38H2,1-2H3,(H,40,45)(H,41,47)(H,42,46)(H,49,50)/t26-,28-,29-,30-,31-/m0/s1. The maximum atomic E-state index is 13.8. The number of H-pyrrole nitrogens is 1. The highest BCUT2D eigenvalue weighted by molar-refractivity contribution is 5.96. The number of carboxylic acids is 1. The van der Waals surface area contributed by atoms with Gasteiger partial charge < -0.3 is 47.5 Å². The number of hydrogen-bond acceptors (Lipinski definition) is 8. The molecule has 2 heterocycles. The zero-order chi connectivity index (χ0) is 36.4. The second kappa shape index (κ2) is 17.6. The first-order valence-electron chi connectivity index (χ1n) is 17.1. The summed E-state index contributed by atoms with van der Waals surface area (Å²) in [6.07, 6.45) is 4.29. The molecule has 1 aromatic heterocycles. The largest absolute Gasteiger partial charge is 0.508 e. The molecule has 50 heavy (non-hydrogen) atoms. The number of phenolic OH excluding ortho intramolecular Hbond substituents is 1. The van der Waals surface area contributed by atoms with Gasteiger partial charge >= 0.3 is 5.97 Å². The van der Waals surface area contributed by atoms with E-state index in [0.29, 0.717) is 37.8 Å². The Kier molecular flexibility index (Phi) is 13.3. The number of carboxylic acid groups (broad SMARTS) is 1. The first kappa shape index (κ1) is 37.9. The molecule has 14 nitrogen and oxygen atoms in total. The number of carbonyl (C=O) groups excluding carboxylic acids is 4. The number of carbonyl (C=O) groups is 5. The van der Waals surface area contributed by atoms with Gasteiger partial charge in [0.05, 0.1) is 6.04 Å². The number of nitrogens with zero attached hydrogens (tertiary/aromatic N) is 1. The number of nitrogens with one attached hydrogen (secondary N) is 4. The molecule has 4 amide bonds. The fourth-order valence-electron chi connectivity index (χ4n) is 6.28. The highest BCUT2D eigenvalue weighted by atomic mass is 16.4. The number of benzene rings is 2. The van der Waals surface area contributed by atoms with Crippen LogP contribution in [0.5, 0.6) is 5.75 Å². The van der Waals surface area contributed by atoms with E-state index in [1.54, 1.807) is 32.2 Å². The van der Waals surface area contributed by atoms with E-state index in [0.717, 1.165) is 16.5 Å². The van der Waals surface area contributed by atoms with Crippen molar-refractivity contribution >= 4 is 40.5 Å². The normalized spacial score (nSPS) is 16.8. The minimum absolute atomic E-state index is 0.0263. The molecule has 1 aliphatic heterocycles. The number of aromatic amines is 1. The third kappa shape index (κ3) is 9.82. The van der Waals surface area contributed by atoms with Crippen LogP contribution in [0, 0.1) is 5.92 Å². The summed E-state index contributed by atoms with van der Waals surface area (Å²) in [4.78, 5) is 70.9. The van der Waals surface area contributed by atoms with E-state index in [9.17, 15) is 34.2 Å². The summed E-state index contributed by atoms with van der Waals surface area (Å²) in [5, 5.41) is 28.7. The molecule has 0 radical (unpaired) electrons. The molecule has 14 heteroatoms. The molecular formula is C36H49N7O7. The predicted octanol–water partition coefficient (Wildman–Crippen LogP) is 1.30. The number of rotatable bonds is 17. The SMILES string of the molecule is CC(C)[C@H](NC(=O)[C@H](CCCCN)NC(=O)[C@@H](N)Cc1c[nH]c2ccccc12)C(=O)N[C@@H](Cc1ccc(O)cc1)C(=O)N1CCC[C@H]1C(=O)O. The van der Waals surface area contributed by atoms with Crippen LogP contribution in [0.15, 0.2) is 54.7 Å². The van der Waals surface area contributed by atoms with Crippen molar-refractivity contribution in [1.82, 2.24) is 25.8 Å². The van der Waals surface area contributed by atoms with Crippen molar-refractivity contribution in [1.29, 1.82) is 0 Å². The molecule has 0 unspecified atom stereocenters. The third-order valence-corrected chi connectivity index (χ3v) is 9.09. The number of amides is 4. The number of aromatic hydroxyl groups is 1. The van der Waals surface area contributed by atoms with Crippen molar-refractivity contribution in [2.45, 2.75) is 89.0 Å². The molecular weight excluding hydrogens is 642 g/mol. The number of aromatic nitrogens is 1. The molecule has 5 atom stereocenters. The van der Waals surface area contributed by atoms with Crippen molar-refractivity contribution < 1.29 is 34.2 Å². The Morgan fingerprint density at radius 1 is 0.920 bits per heavy atom. The van der Waals surface area contributed by atoms with Crippen LogP contribution in [0.4, 0.5) is 0 Å². The van der Waals surface area contributed by atoms with Gasteiger partial charge in [0.2, 0.25) is 23.6 Å². The van der Waals surface area contributed by atoms with Gasteiger partial charge in [0, 0.05) is 30.1 Å². The second-order valence-electron chi connectivity index (χ2n) is 13.2. The minimum atomic E-state index is -1.15. The van der Waals surface area contributed by atoms with Crippen molar-refractivity contribution in [3.63, 3.8) is 0 Å². The van der Waals surface area contributed by atoms with E-state index < -0.39 is 65.7 Å². The quantitative estimate of drug-likeness (QED) is 0.0952. The Morgan fingerprint density at radius 2 is 1.62 bits per heavy atom. The lowest BCUT2D eigenvalue weighted by molar-refractivity contribution is -0.149. The predicted molar refractivity (Wildman–Crippen MR) is 188 cm³/mol. The van der Waals surface area contributed by atoms with Crippen molar-refractivity contribution in [3.8, 4) is 5.75 Å². The fraction of sp³-hybridized carbons (Fsp3) is 0.472. The third-order valence-electron chi connectivity index (χ3n) is 9.09. The molecule has 4 rings (SSSR count). The van der Waals surface area contributed by atoms with E-state index in [4.69, 9.17) is 11.5 Å². The number of fused-ring (bicyclic) bond motifs is 1. The summed E-state index contributed by atoms with van der Waals surface area (Å²) in [5.74, 6) is -3.82. The van der Waals surface area contributed by atoms with Gasteiger partial charge in [-0.1, -0.05) is 44.2 Å². The number of aliphatic carboxylic acids is 1. The van der Waals surface area contributed by atoms with Crippen LogP contribution >= 0.6 is 0 Å². The number of likely N-dealkylation sites (tertiary alicyclic amines) is 1. The summed E-state index contributed by atoms with van der Waals surface area (Å²) in [6.45, 7) is 4.10. The topological polar surface area (TPSA) is 233 Å². The fourth-order valence-corrected chi connectivity index (χ4v) is 6.28. The Morgan fingerprint density at radius 3 is 2.30 bits per heavy atom. The van der Waals surface area contributed by atoms with E-state index in [1.807, 2.05) is 24.3 Å². The van der Waals surface area contributed by atoms with Gasteiger partial charge in [0.25, 0.3) is 0 Å². The van der Waals surface area contributed by atoms with Gasteiger partial charge in [-0.3, -0.25) is 19.2 Å². The zero-order valence-corrected chi connectivity index (χ0v) is 28.6. The number of nitrogens with two attached hydrogens (primary N) is 2. The lowest BCUT2D eigenvalue weighted by Gasteiger charge is -2.30. The van der Waals surface area contributed by atoms with Gasteiger partial charge in [0.1, 0.15) is 29.9 Å². The van der Waals surface area contributed by atoms with E-state index in [2.05, 4.69) is 20.9 Å². The number of hydrogen-bond donors (Lipinski definition) is 8. The molecule has 0 aliphatic carbocycles. The van der Waals surface area contributed by atoms with Gasteiger partial charge in [-0.05, 0) is 80.3 Å². The average Bonchev–Trinajstić information content (AvgIpc) is 3.75. The Hall–Kier alpha value is -4.95. The minimum Gasteiger partial charge on any atom is -0.508 e. The first-order chi connectivity index (χ1) is 23.9. The van der Waals surface area contributed by atoms with Gasteiger partial charge in [-0.15, -0.1) is 0 Å². The van der Waals surface area contributed by atoms with Crippen LogP contribution in [-0.2, 0) is 36.8 Å². The first-order valence-corrected chi connectivity index (χ1v) is 17.1. The maximum absolute atomic E-state index is 13.8. The zero-order valence-electron chi connectivity index (χ0n) is 28.6. The second-order valence-corrected chi connectivity index (χ2v) is 13.2. The molecule has 3 aromatic rings. The van der Waals surface area contributed by atoms with E-state index in [-0.39, 0.29) is 31.6 Å². The van der Waals surface area contributed by atoms with Crippen LogP contribution in [0.2, 0.25) is 0 Å². The molecule has 0 saturated carbocycles. The molecule has 1 aliphatic rings. The Labute approximate surface area is 291 Å². The number of para-hydroxylation sites is 1. The summed E-state index contributed by atoms with van der Waals surface area (Å²) in [7, 11) is 0. The lowest BCUT2D eigenvalue weighted by atomic mass is 9.99. The summed E-state index contributed by atoms with van der Waals surface area (Å²) in [6, 6.07) is 8.58. The van der Waals surface area contributed by atoms with Crippen LogP contribution in [0.25, 0.3) is 10.9 Å². The van der Waals surface area contributed by atoms with Crippen LogP contribution in [0.1, 0.15) is 57.1 Å². The van der Waals surface area contributed by atoms with Gasteiger partial charge in [-0.2, -0.15) is 0 Å². The van der Waals surface area contributed by atoms with Crippen LogP contribution in [0.3, 0.4) is 0 Å². The molecule has 10 N–H and O–H groups in total. The van der Waals surface area contributed by atoms with Crippen molar-refractivity contribution in [2.75, 3.05) is 13.1 Å². The molecule has 1 fully saturated rings.